The fourth-order valence-corrected chi connectivity index (χ4v) is 2.83. The minimum absolute atomic E-state index is 0.0943. The molecule has 0 aliphatic rings. The molecular formula is C22H23F3N2O7. The molecule has 1 atom stereocenters. The lowest BCUT2D eigenvalue weighted by Gasteiger charge is -2.17. The van der Waals surface area contributed by atoms with Crippen LogP contribution in [0.2, 0.25) is 0 Å². The molecular weight excluding hydrogens is 461 g/mol. The molecule has 1 unspecified atom stereocenters. The van der Waals surface area contributed by atoms with Gasteiger partial charge in [0.05, 0.1) is 32.6 Å². The predicted octanol–water partition coefficient (Wildman–Crippen LogP) is 3.03. The van der Waals surface area contributed by atoms with Crippen LogP contribution in [0.25, 0.3) is 0 Å². The first-order valence-corrected chi connectivity index (χ1v) is 9.76. The molecule has 0 heterocycles. The second kappa shape index (κ2) is 11.3. The summed E-state index contributed by atoms with van der Waals surface area (Å²) >= 11 is 0. The molecule has 9 nitrogen and oxygen atoms in total. The number of ether oxygens (including phenoxy) is 4. The fourth-order valence-electron chi connectivity index (χ4n) is 2.83. The largest absolute Gasteiger partial charge is 0.493 e. The first kappa shape index (κ1) is 26.3. The Bertz CT molecular complexity index is 1030. The highest BCUT2D eigenvalue weighted by Gasteiger charge is 2.34. The molecule has 34 heavy (non-hydrogen) atoms. The summed E-state index contributed by atoms with van der Waals surface area (Å²) in [5.74, 6) is -1.91. The molecule has 0 aliphatic carbocycles. The lowest BCUT2D eigenvalue weighted by Crippen LogP contribution is -2.36. The fraction of sp³-hybridized carbons (Fsp3) is 0.318. The van der Waals surface area contributed by atoms with Gasteiger partial charge in [0.2, 0.25) is 5.75 Å². The molecule has 184 valence electrons. The van der Waals surface area contributed by atoms with Gasteiger partial charge in [-0.05, 0) is 31.2 Å². The summed E-state index contributed by atoms with van der Waals surface area (Å²) in [6.07, 6.45) is -6.10. The van der Waals surface area contributed by atoms with E-state index in [9.17, 15) is 27.6 Å². The maximum atomic E-state index is 13.1. The van der Waals surface area contributed by atoms with Crippen molar-refractivity contribution in [2.24, 2.45) is 0 Å². The minimum atomic E-state index is -4.68. The molecule has 2 aromatic rings. The van der Waals surface area contributed by atoms with E-state index in [1.807, 2.05) is 0 Å². The van der Waals surface area contributed by atoms with Crippen molar-refractivity contribution in [2.45, 2.75) is 19.2 Å². The van der Waals surface area contributed by atoms with E-state index < -0.39 is 47.9 Å². The number of halogens is 3. The van der Waals surface area contributed by atoms with E-state index in [1.165, 1.54) is 52.5 Å². The average molecular weight is 484 g/mol. The average Bonchev–Trinajstić information content (AvgIpc) is 2.80. The Morgan fingerprint density at radius 2 is 1.56 bits per heavy atom. The van der Waals surface area contributed by atoms with Crippen LogP contribution in [0.15, 0.2) is 36.4 Å². The number of nitrogens with one attached hydrogen (secondary N) is 2. The summed E-state index contributed by atoms with van der Waals surface area (Å²) in [6.45, 7) is 0.580. The van der Waals surface area contributed by atoms with Crippen LogP contribution in [-0.2, 0) is 20.5 Å². The van der Waals surface area contributed by atoms with Gasteiger partial charge in [0.25, 0.3) is 11.8 Å². The highest BCUT2D eigenvalue weighted by atomic mass is 19.4. The molecule has 0 bridgehead atoms. The topological polar surface area (TPSA) is 112 Å². The van der Waals surface area contributed by atoms with Gasteiger partial charge in [0.15, 0.2) is 17.6 Å². The zero-order valence-electron chi connectivity index (χ0n) is 18.7. The maximum Gasteiger partial charge on any atom is 0.418 e. The molecule has 0 aliphatic heterocycles. The van der Waals surface area contributed by atoms with Crippen molar-refractivity contribution >= 4 is 23.5 Å². The smallest absolute Gasteiger partial charge is 0.418 e. The van der Waals surface area contributed by atoms with Crippen LogP contribution in [-0.4, -0.2) is 51.8 Å². The van der Waals surface area contributed by atoms with Crippen molar-refractivity contribution in [3.05, 3.63) is 47.5 Å². The zero-order chi connectivity index (χ0) is 25.5. The molecule has 2 N–H and O–H groups in total. The van der Waals surface area contributed by atoms with Crippen LogP contribution < -0.4 is 24.8 Å². The number of hydrogen-bond acceptors (Lipinski definition) is 7. The molecule has 0 saturated heterocycles. The number of rotatable bonds is 9. The van der Waals surface area contributed by atoms with Crippen LogP contribution in [0.4, 0.5) is 18.9 Å². The lowest BCUT2D eigenvalue weighted by atomic mass is 10.1. The standard InChI is InChI=1S/C22H23F3N2O7/c1-12(20(29)27-15-8-6-5-7-14(15)22(23,24)25)34-18(28)11-26-21(30)13-9-16(31-2)19(33-4)17(10-13)32-3/h5-10,12H,11H2,1-4H3,(H,26,30)(H,27,29). The number of methoxy groups -OCH3 is 3. The third kappa shape index (κ3) is 6.53. The van der Waals surface area contributed by atoms with E-state index in [4.69, 9.17) is 18.9 Å². The second-order valence-electron chi connectivity index (χ2n) is 6.76. The summed E-state index contributed by atoms with van der Waals surface area (Å²) in [5, 5.41) is 4.40. The Balaban J connectivity index is 1.98. The van der Waals surface area contributed by atoms with Gasteiger partial charge in [0.1, 0.15) is 6.54 Å². The van der Waals surface area contributed by atoms with Gasteiger partial charge in [-0.2, -0.15) is 13.2 Å². The number of esters is 1. The summed E-state index contributed by atoms with van der Waals surface area (Å²) in [7, 11) is 4.14. The highest BCUT2D eigenvalue weighted by Crippen LogP contribution is 2.38. The molecule has 0 saturated carbocycles. The number of benzene rings is 2. The van der Waals surface area contributed by atoms with Crippen molar-refractivity contribution < 1.29 is 46.5 Å². The van der Waals surface area contributed by atoms with E-state index in [1.54, 1.807) is 0 Å². The van der Waals surface area contributed by atoms with Gasteiger partial charge in [0, 0.05) is 5.56 Å². The first-order chi connectivity index (χ1) is 16.0. The van der Waals surface area contributed by atoms with E-state index in [0.717, 1.165) is 12.1 Å². The first-order valence-electron chi connectivity index (χ1n) is 9.76. The number of carbonyl (C=O) groups excluding carboxylic acids is 3. The molecule has 0 fully saturated rings. The van der Waals surface area contributed by atoms with Crippen molar-refractivity contribution in [1.29, 1.82) is 0 Å². The van der Waals surface area contributed by atoms with Crippen LogP contribution in [0, 0.1) is 0 Å². The minimum Gasteiger partial charge on any atom is -0.493 e. The van der Waals surface area contributed by atoms with Gasteiger partial charge in [-0.15, -0.1) is 0 Å². The second-order valence-corrected chi connectivity index (χ2v) is 6.76. The van der Waals surface area contributed by atoms with Crippen LogP contribution in [0.5, 0.6) is 17.2 Å². The van der Waals surface area contributed by atoms with Gasteiger partial charge < -0.3 is 29.6 Å². The molecule has 12 heteroatoms. The Morgan fingerprint density at radius 3 is 2.09 bits per heavy atom. The number of hydrogen-bond donors (Lipinski definition) is 2. The van der Waals surface area contributed by atoms with Gasteiger partial charge in [-0.3, -0.25) is 14.4 Å². The van der Waals surface area contributed by atoms with Crippen LogP contribution in [0.3, 0.4) is 0 Å². The van der Waals surface area contributed by atoms with Crippen molar-refractivity contribution in [1.82, 2.24) is 5.32 Å². The monoisotopic (exact) mass is 484 g/mol. The van der Waals surface area contributed by atoms with E-state index in [-0.39, 0.29) is 22.8 Å². The lowest BCUT2D eigenvalue weighted by molar-refractivity contribution is -0.152. The third-order valence-corrected chi connectivity index (χ3v) is 4.49. The third-order valence-electron chi connectivity index (χ3n) is 4.49. The SMILES string of the molecule is COc1cc(C(=O)NCC(=O)OC(C)C(=O)Nc2ccccc2C(F)(F)F)cc(OC)c1OC. The Labute approximate surface area is 193 Å². The Hall–Kier alpha value is -3.96. The van der Waals surface area contributed by atoms with Crippen LogP contribution in [0.1, 0.15) is 22.8 Å². The molecule has 0 aromatic heterocycles. The van der Waals surface area contributed by atoms with Gasteiger partial charge in [-0.25, -0.2) is 0 Å². The molecule has 2 rings (SSSR count). The number of carbonyl (C=O) groups is 3. The quantitative estimate of drug-likeness (QED) is 0.526. The molecule has 0 spiro atoms. The number of para-hydroxylation sites is 1. The van der Waals surface area contributed by atoms with Crippen molar-refractivity contribution in [3.8, 4) is 17.2 Å². The molecule has 2 aromatic carbocycles. The Kier molecular flexibility index (Phi) is 8.70. The van der Waals surface area contributed by atoms with Crippen molar-refractivity contribution in [2.75, 3.05) is 33.2 Å². The van der Waals surface area contributed by atoms with Gasteiger partial charge in [-0.1, -0.05) is 12.1 Å². The van der Waals surface area contributed by atoms with Gasteiger partial charge >= 0.3 is 12.1 Å². The van der Waals surface area contributed by atoms with E-state index >= 15 is 0 Å². The predicted molar refractivity (Wildman–Crippen MR) is 114 cm³/mol. The number of alkyl halides is 3. The molecule has 0 radical (unpaired) electrons. The normalized spacial score (nSPS) is 11.7. The van der Waals surface area contributed by atoms with E-state index in [0.29, 0.717) is 0 Å². The van der Waals surface area contributed by atoms with Crippen molar-refractivity contribution in [3.63, 3.8) is 0 Å². The maximum absolute atomic E-state index is 13.1. The Morgan fingerprint density at radius 1 is 0.971 bits per heavy atom. The zero-order valence-corrected chi connectivity index (χ0v) is 18.7. The van der Waals surface area contributed by atoms with E-state index in [2.05, 4.69) is 10.6 Å². The summed E-state index contributed by atoms with van der Waals surface area (Å²) < 4.78 is 59.6. The summed E-state index contributed by atoms with van der Waals surface area (Å²) in [5.41, 5.74) is -1.42. The number of anilines is 1. The number of amides is 2. The van der Waals surface area contributed by atoms with Crippen LogP contribution >= 0.6 is 0 Å². The summed E-state index contributed by atoms with van der Waals surface area (Å²) in [4.78, 5) is 36.7. The molecule has 2 amide bonds. The highest BCUT2D eigenvalue weighted by molar-refractivity contribution is 5.98. The summed E-state index contributed by atoms with van der Waals surface area (Å²) in [6, 6.07) is 7.13.